The molecule has 0 saturated carbocycles. The summed E-state index contributed by atoms with van der Waals surface area (Å²) in [6.45, 7) is 8.49. The molecule has 0 unspecified atom stereocenters. The van der Waals surface area contributed by atoms with Gasteiger partial charge in [0.2, 0.25) is 0 Å². The third kappa shape index (κ3) is 3.48. The van der Waals surface area contributed by atoms with Gasteiger partial charge in [-0.15, -0.1) is 0 Å². The summed E-state index contributed by atoms with van der Waals surface area (Å²) in [7, 11) is 0. The summed E-state index contributed by atoms with van der Waals surface area (Å²) in [6, 6.07) is 15.3. The van der Waals surface area contributed by atoms with Gasteiger partial charge in [0.05, 0.1) is 16.6 Å². The molecule has 0 aliphatic heterocycles. The average Bonchev–Trinajstić information content (AvgIpc) is 2.83. The molecular weight excluding hydrogens is 410 g/mol. The van der Waals surface area contributed by atoms with Gasteiger partial charge < -0.3 is 14.9 Å². The summed E-state index contributed by atoms with van der Waals surface area (Å²) < 4.78 is 0. The maximum absolute atomic E-state index is 13.6. The van der Waals surface area contributed by atoms with E-state index in [-0.39, 0.29) is 10.9 Å². The van der Waals surface area contributed by atoms with Gasteiger partial charge in [-0.3, -0.25) is 9.59 Å². The Balaban J connectivity index is 1.82. The Bertz CT molecular complexity index is 1620. The number of para-hydroxylation sites is 1. The Morgan fingerprint density at radius 3 is 1.85 bits per heavy atom. The van der Waals surface area contributed by atoms with E-state index in [9.17, 15) is 9.59 Å². The molecular formula is C28H29N3O2. The fraction of sp³-hybridized carbons (Fsp3) is 0.286. The number of aromatic nitrogens is 2. The summed E-state index contributed by atoms with van der Waals surface area (Å²) in [5, 5.41) is 2.52. The number of H-pyrrole nitrogens is 2. The maximum Gasteiger partial charge on any atom is 0.197 e. The van der Waals surface area contributed by atoms with Crippen molar-refractivity contribution in [1.29, 1.82) is 0 Å². The number of nitrogens with zero attached hydrogens (tertiary/aromatic N) is 1. The fourth-order valence-corrected chi connectivity index (χ4v) is 4.95. The lowest BCUT2D eigenvalue weighted by molar-refractivity contribution is 0.741. The second-order valence-electron chi connectivity index (χ2n) is 8.76. The standard InChI is InChI=1S/C28H29N3O2/c1-4-11-31(12-5-2)26-16-25-19(13-17(26)6-3)28(33)21-15-23-20(14-24(21)30-25)27(32)18-9-7-8-10-22(18)29-23/h7-10,13-16H,4-6,11-12H2,1-3H3,(H,29,32)(H,30,33). The summed E-state index contributed by atoms with van der Waals surface area (Å²) >= 11 is 0. The number of anilines is 1. The molecule has 33 heavy (non-hydrogen) atoms. The fourth-order valence-electron chi connectivity index (χ4n) is 4.95. The summed E-state index contributed by atoms with van der Waals surface area (Å²) in [5.74, 6) is 0. The van der Waals surface area contributed by atoms with E-state index in [0.29, 0.717) is 32.6 Å². The summed E-state index contributed by atoms with van der Waals surface area (Å²) in [6.07, 6.45) is 3.00. The first-order valence-corrected chi connectivity index (χ1v) is 11.9. The van der Waals surface area contributed by atoms with Crippen LogP contribution in [0, 0.1) is 0 Å². The van der Waals surface area contributed by atoms with E-state index < -0.39 is 0 Å². The highest BCUT2D eigenvalue weighted by Gasteiger charge is 2.15. The number of benzene rings is 3. The van der Waals surface area contributed by atoms with E-state index in [4.69, 9.17) is 0 Å². The van der Waals surface area contributed by atoms with E-state index in [1.54, 1.807) is 0 Å². The van der Waals surface area contributed by atoms with Crippen LogP contribution in [0.25, 0.3) is 43.6 Å². The van der Waals surface area contributed by atoms with E-state index in [0.717, 1.165) is 43.4 Å². The smallest absolute Gasteiger partial charge is 0.197 e. The quantitative estimate of drug-likeness (QED) is 0.325. The molecule has 0 amide bonds. The van der Waals surface area contributed by atoms with Crippen molar-refractivity contribution in [1.82, 2.24) is 9.97 Å². The highest BCUT2D eigenvalue weighted by Crippen LogP contribution is 2.28. The van der Waals surface area contributed by atoms with Crippen LogP contribution in [0.4, 0.5) is 5.69 Å². The molecule has 5 rings (SSSR count). The molecule has 2 aromatic heterocycles. The second-order valence-corrected chi connectivity index (χ2v) is 8.76. The maximum atomic E-state index is 13.6. The number of hydrogen-bond donors (Lipinski definition) is 2. The molecule has 0 fully saturated rings. The van der Waals surface area contributed by atoms with Crippen molar-refractivity contribution in [3.8, 4) is 0 Å². The molecule has 2 heterocycles. The molecule has 5 heteroatoms. The predicted molar refractivity (Wildman–Crippen MR) is 140 cm³/mol. The zero-order valence-corrected chi connectivity index (χ0v) is 19.4. The van der Waals surface area contributed by atoms with Gasteiger partial charge in [0.25, 0.3) is 0 Å². The van der Waals surface area contributed by atoms with Crippen molar-refractivity contribution < 1.29 is 0 Å². The first kappa shape index (κ1) is 21.3. The van der Waals surface area contributed by atoms with Crippen LogP contribution in [0.1, 0.15) is 39.2 Å². The minimum atomic E-state index is -0.0266. The van der Waals surface area contributed by atoms with Gasteiger partial charge in [0.15, 0.2) is 10.9 Å². The first-order valence-electron chi connectivity index (χ1n) is 11.9. The van der Waals surface area contributed by atoms with Crippen molar-refractivity contribution in [3.63, 3.8) is 0 Å². The molecule has 5 aromatic rings. The SMILES string of the molecule is CCCN(CCC)c1cc2[nH]c3cc4c(=O)c5ccccc5[nH]c4cc3c(=O)c2cc1CC. The minimum Gasteiger partial charge on any atom is -0.371 e. The Morgan fingerprint density at radius 1 is 0.667 bits per heavy atom. The molecule has 0 atom stereocenters. The van der Waals surface area contributed by atoms with Crippen LogP contribution in [0.15, 0.2) is 58.1 Å². The predicted octanol–water partition coefficient (Wildman–Crippen LogP) is 5.86. The molecule has 0 radical (unpaired) electrons. The van der Waals surface area contributed by atoms with Crippen molar-refractivity contribution in [3.05, 3.63) is 74.5 Å². The highest BCUT2D eigenvalue weighted by atomic mass is 16.1. The van der Waals surface area contributed by atoms with Gasteiger partial charge >= 0.3 is 0 Å². The number of fused-ring (bicyclic) bond motifs is 4. The van der Waals surface area contributed by atoms with Gasteiger partial charge in [-0.1, -0.05) is 32.9 Å². The number of hydrogen-bond acceptors (Lipinski definition) is 3. The lowest BCUT2D eigenvalue weighted by Crippen LogP contribution is -2.26. The third-order valence-corrected chi connectivity index (χ3v) is 6.53. The molecule has 2 N–H and O–H groups in total. The second kappa shape index (κ2) is 8.39. The largest absolute Gasteiger partial charge is 0.371 e. The molecule has 0 aliphatic rings. The van der Waals surface area contributed by atoms with E-state index in [1.807, 2.05) is 36.4 Å². The van der Waals surface area contributed by atoms with Crippen LogP contribution >= 0.6 is 0 Å². The molecule has 168 valence electrons. The van der Waals surface area contributed by atoms with Crippen LogP contribution in [-0.2, 0) is 6.42 Å². The van der Waals surface area contributed by atoms with Crippen molar-refractivity contribution >= 4 is 49.3 Å². The van der Waals surface area contributed by atoms with Gasteiger partial charge in [0, 0.05) is 45.8 Å². The molecule has 3 aromatic carbocycles. The van der Waals surface area contributed by atoms with E-state index in [2.05, 4.69) is 47.8 Å². The Hall–Kier alpha value is -3.60. The molecule has 0 aliphatic carbocycles. The molecule has 0 saturated heterocycles. The van der Waals surface area contributed by atoms with Gasteiger partial charge in [-0.25, -0.2) is 0 Å². The number of rotatable bonds is 6. The minimum absolute atomic E-state index is 0.00607. The van der Waals surface area contributed by atoms with Crippen molar-refractivity contribution in [2.24, 2.45) is 0 Å². The highest BCUT2D eigenvalue weighted by molar-refractivity contribution is 6.03. The third-order valence-electron chi connectivity index (χ3n) is 6.53. The van der Waals surface area contributed by atoms with Crippen LogP contribution in [0.5, 0.6) is 0 Å². The topological polar surface area (TPSA) is 69.0 Å². The van der Waals surface area contributed by atoms with E-state index in [1.165, 1.54) is 11.3 Å². The average molecular weight is 440 g/mol. The van der Waals surface area contributed by atoms with Crippen LogP contribution in [0.2, 0.25) is 0 Å². The Kier molecular flexibility index (Phi) is 5.41. The lowest BCUT2D eigenvalue weighted by Gasteiger charge is -2.26. The van der Waals surface area contributed by atoms with Gasteiger partial charge in [-0.05, 0) is 61.2 Å². The van der Waals surface area contributed by atoms with Crippen LogP contribution in [0.3, 0.4) is 0 Å². The summed E-state index contributed by atoms with van der Waals surface area (Å²) in [4.78, 5) is 35.9. The number of aryl methyl sites for hydroxylation is 1. The van der Waals surface area contributed by atoms with Gasteiger partial charge in [0.1, 0.15) is 0 Å². The zero-order chi connectivity index (χ0) is 23.1. The lowest BCUT2D eigenvalue weighted by atomic mass is 10.0. The van der Waals surface area contributed by atoms with Crippen molar-refractivity contribution in [2.45, 2.75) is 40.0 Å². The zero-order valence-electron chi connectivity index (χ0n) is 19.4. The molecule has 5 nitrogen and oxygen atoms in total. The van der Waals surface area contributed by atoms with Crippen molar-refractivity contribution in [2.75, 3.05) is 18.0 Å². The van der Waals surface area contributed by atoms with E-state index >= 15 is 0 Å². The number of aromatic amines is 2. The molecule has 0 spiro atoms. The Labute approximate surface area is 192 Å². The van der Waals surface area contributed by atoms with Crippen LogP contribution in [-0.4, -0.2) is 23.1 Å². The van der Waals surface area contributed by atoms with Gasteiger partial charge in [-0.2, -0.15) is 0 Å². The normalized spacial score (nSPS) is 11.7. The van der Waals surface area contributed by atoms with Crippen LogP contribution < -0.4 is 15.8 Å². The monoisotopic (exact) mass is 439 g/mol. The summed E-state index contributed by atoms with van der Waals surface area (Å²) in [5.41, 5.74) is 5.30. The first-order chi connectivity index (χ1) is 16.0. The molecule has 0 bridgehead atoms. The number of nitrogens with one attached hydrogen (secondary N) is 2. The number of pyridine rings is 2. The Morgan fingerprint density at radius 2 is 1.21 bits per heavy atom.